The molecule has 3 N–H and O–H groups in total. The van der Waals surface area contributed by atoms with Crippen molar-refractivity contribution in [2.24, 2.45) is 5.92 Å². The molecule has 0 spiro atoms. The fourth-order valence-electron chi connectivity index (χ4n) is 6.04. The molecular weight excluding hydrogens is 571 g/mol. The van der Waals surface area contributed by atoms with Crippen LogP contribution in [0.1, 0.15) is 25.7 Å². The van der Waals surface area contributed by atoms with Crippen LogP contribution in [0.4, 0.5) is 10.1 Å². The van der Waals surface area contributed by atoms with E-state index in [2.05, 4.69) is 40.3 Å². The molecule has 11 heteroatoms. The molecule has 1 saturated heterocycles. The van der Waals surface area contributed by atoms with Crippen molar-refractivity contribution >= 4 is 33.5 Å². The van der Waals surface area contributed by atoms with Crippen molar-refractivity contribution in [3.63, 3.8) is 0 Å². The van der Waals surface area contributed by atoms with Gasteiger partial charge >= 0.3 is 0 Å². The molecule has 0 atom stereocenters. The van der Waals surface area contributed by atoms with Crippen molar-refractivity contribution < 1.29 is 13.9 Å². The average molecular weight is 603 g/mol. The number of likely N-dealkylation sites (tertiary alicyclic amines) is 1. The third-order valence-corrected chi connectivity index (χ3v) is 8.57. The number of carbonyl (C=O) groups excluding carboxylic acids is 1. The highest BCUT2D eigenvalue weighted by Gasteiger charge is 2.29. The van der Waals surface area contributed by atoms with Crippen LogP contribution in [0.2, 0.25) is 0 Å². The summed E-state index contributed by atoms with van der Waals surface area (Å²) in [5.74, 6) is 0.279. The second-order valence-corrected chi connectivity index (χ2v) is 11.8. The lowest BCUT2D eigenvalue weighted by Crippen LogP contribution is -2.25. The number of aromatic nitrogens is 6. The molecule has 6 heterocycles. The Morgan fingerprint density at radius 1 is 0.933 bits per heavy atom. The van der Waals surface area contributed by atoms with Crippen molar-refractivity contribution in [2.75, 3.05) is 31.6 Å². The number of nitrogens with zero attached hydrogens (tertiary/aromatic N) is 5. The summed E-state index contributed by atoms with van der Waals surface area (Å²) in [6, 6.07) is 10.7. The van der Waals surface area contributed by atoms with Gasteiger partial charge < -0.3 is 15.0 Å². The third-order valence-electron chi connectivity index (χ3n) is 8.57. The number of hydrogen-bond acceptors (Lipinski definition) is 7. The first-order valence-corrected chi connectivity index (χ1v) is 15.3. The molecule has 2 aliphatic rings. The summed E-state index contributed by atoms with van der Waals surface area (Å²) in [6.45, 7) is 3.53. The van der Waals surface area contributed by atoms with Crippen LogP contribution in [-0.2, 0) is 4.79 Å². The van der Waals surface area contributed by atoms with Crippen LogP contribution in [-0.4, -0.2) is 67.2 Å². The number of ether oxygens (including phenoxy) is 1. The molecular formula is C34H31FN8O2. The van der Waals surface area contributed by atoms with Crippen molar-refractivity contribution in [3.05, 3.63) is 73.2 Å². The van der Waals surface area contributed by atoms with Gasteiger partial charge in [0.1, 0.15) is 18.2 Å². The van der Waals surface area contributed by atoms with Crippen molar-refractivity contribution in [3.8, 4) is 39.4 Å². The Morgan fingerprint density at radius 2 is 1.78 bits per heavy atom. The molecule has 0 unspecified atom stereocenters. The van der Waals surface area contributed by atoms with Gasteiger partial charge in [-0.25, -0.2) is 9.37 Å². The zero-order chi connectivity index (χ0) is 30.3. The van der Waals surface area contributed by atoms with Gasteiger partial charge in [0.25, 0.3) is 0 Å². The van der Waals surface area contributed by atoms with Gasteiger partial charge in [-0.05, 0) is 74.7 Å². The van der Waals surface area contributed by atoms with Crippen LogP contribution < -0.4 is 10.1 Å². The summed E-state index contributed by atoms with van der Waals surface area (Å²) in [5.41, 5.74) is 6.74. The SMILES string of the molecule is O=C(Nc1cncc(-c2cnc3n[nH]c(-c4cc5c(-c6cc(F)cc(OCCN7CCCC7)c6)cncc5[nH]4)c3c2)c1)C1CC1. The van der Waals surface area contributed by atoms with Crippen LogP contribution in [0.5, 0.6) is 5.75 Å². The summed E-state index contributed by atoms with van der Waals surface area (Å²) in [5, 5.41) is 12.2. The van der Waals surface area contributed by atoms with E-state index in [1.807, 2.05) is 24.3 Å². The minimum Gasteiger partial charge on any atom is -0.492 e. The first kappa shape index (κ1) is 27.4. The summed E-state index contributed by atoms with van der Waals surface area (Å²) in [6.07, 6.45) is 13.0. The Hall–Kier alpha value is -5.16. The number of pyridine rings is 3. The molecule has 8 rings (SSSR count). The van der Waals surface area contributed by atoms with E-state index in [4.69, 9.17) is 4.74 Å². The molecule has 6 aromatic rings. The van der Waals surface area contributed by atoms with Crippen LogP contribution in [0.25, 0.3) is 55.6 Å². The molecule has 0 bridgehead atoms. The van der Waals surface area contributed by atoms with Gasteiger partial charge in [-0.1, -0.05) is 0 Å². The Bertz CT molecular complexity index is 2040. The zero-order valence-corrected chi connectivity index (χ0v) is 24.5. The number of carbonyl (C=O) groups is 1. The van der Waals surface area contributed by atoms with Crippen molar-refractivity contribution in [1.29, 1.82) is 0 Å². The molecule has 45 heavy (non-hydrogen) atoms. The van der Waals surface area contributed by atoms with Crippen LogP contribution in [0.3, 0.4) is 0 Å². The number of hydrogen-bond donors (Lipinski definition) is 3. The lowest BCUT2D eigenvalue weighted by atomic mass is 10.0. The molecule has 1 aliphatic heterocycles. The first-order chi connectivity index (χ1) is 22.1. The van der Waals surface area contributed by atoms with E-state index in [1.54, 1.807) is 31.0 Å². The molecule has 0 radical (unpaired) electrons. The van der Waals surface area contributed by atoms with Crippen molar-refractivity contribution in [1.82, 2.24) is 35.0 Å². The highest BCUT2D eigenvalue weighted by molar-refractivity contribution is 6.01. The third kappa shape index (κ3) is 5.62. The summed E-state index contributed by atoms with van der Waals surface area (Å²) < 4.78 is 20.8. The fourth-order valence-corrected chi connectivity index (χ4v) is 6.04. The van der Waals surface area contributed by atoms with Crippen LogP contribution in [0.15, 0.2) is 67.4 Å². The van der Waals surface area contributed by atoms with Gasteiger partial charge in [-0.15, -0.1) is 0 Å². The molecule has 226 valence electrons. The Kier molecular flexibility index (Phi) is 6.94. The lowest BCUT2D eigenvalue weighted by molar-refractivity contribution is -0.117. The molecule has 1 amide bonds. The Balaban J connectivity index is 1.10. The number of halogens is 1. The molecule has 10 nitrogen and oxygen atoms in total. The molecule has 1 aliphatic carbocycles. The Morgan fingerprint density at radius 3 is 2.64 bits per heavy atom. The van der Waals surface area contributed by atoms with E-state index in [0.717, 1.165) is 76.8 Å². The summed E-state index contributed by atoms with van der Waals surface area (Å²) in [7, 11) is 0. The number of nitrogens with one attached hydrogen (secondary N) is 3. The second-order valence-electron chi connectivity index (χ2n) is 11.8. The molecule has 5 aromatic heterocycles. The number of anilines is 1. The topological polar surface area (TPSA) is 125 Å². The minimum atomic E-state index is -0.361. The van der Waals surface area contributed by atoms with E-state index in [0.29, 0.717) is 29.3 Å². The maximum Gasteiger partial charge on any atom is 0.227 e. The first-order valence-electron chi connectivity index (χ1n) is 15.3. The van der Waals surface area contributed by atoms with Gasteiger partial charge in [0.2, 0.25) is 5.91 Å². The van der Waals surface area contributed by atoms with E-state index in [9.17, 15) is 9.18 Å². The molecule has 1 saturated carbocycles. The number of aromatic amines is 2. The van der Waals surface area contributed by atoms with Crippen molar-refractivity contribution in [2.45, 2.75) is 25.7 Å². The Labute approximate surface area is 258 Å². The number of amides is 1. The predicted molar refractivity (Wildman–Crippen MR) is 170 cm³/mol. The smallest absolute Gasteiger partial charge is 0.227 e. The quantitative estimate of drug-likeness (QED) is 0.180. The van der Waals surface area contributed by atoms with E-state index < -0.39 is 0 Å². The maximum atomic E-state index is 14.8. The lowest BCUT2D eigenvalue weighted by Gasteiger charge is -2.15. The number of fused-ring (bicyclic) bond motifs is 2. The van der Waals surface area contributed by atoms with E-state index in [1.165, 1.54) is 25.0 Å². The fraction of sp³-hybridized carbons (Fsp3) is 0.265. The highest BCUT2D eigenvalue weighted by atomic mass is 19.1. The van der Waals surface area contributed by atoms with E-state index in [-0.39, 0.29) is 17.6 Å². The highest BCUT2D eigenvalue weighted by Crippen LogP contribution is 2.36. The number of rotatable bonds is 9. The average Bonchev–Trinajstić information content (AvgIpc) is 3.40. The number of benzene rings is 1. The second kappa shape index (κ2) is 11.4. The zero-order valence-electron chi connectivity index (χ0n) is 24.5. The van der Waals surface area contributed by atoms with Gasteiger partial charge in [-0.2, -0.15) is 5.10 Å². The van der Waals surface area contributed by atoms with Crippen LogP contribution in [0, 0.1) is 11.7 Å². The molecule has 2 fully saturated rings. The minimum absolute atomic E-state index is 0.0341. The van der Waals surface area contributed by atoms with Crippen LogP contribution >= 0.6 is 0 Å². The standard InChI is InChI=1S/C34H31FN8O2/c35-24-9-21(11-26(13-24)45-8-7-43-5-1-2-6-43)29-18-37-19-31-27(29)14-30(40-31)32-28-12-23(16-38-33(28)42-41-32)22-10-25(17-36-15-22)39-34(44)20-3-4-20/h9-20,40H,1-8H2,(H,39,44)(H,38,41,42). The molecule has 1 aromatic carbocycles. The predicted octanol–water partition coefficient (Wildman–Crippen LogP) is 6.19. The largest absolute Gasteiger partial charge is 0.492 e. The normalized spacial score (nSPS) is 15.2. The maximum absolute atomic E-state index is 14.8. The van der Waals surface area contributed by atoms with Gasteiger partial charge in [0, 0.05) is 64.6 Å². The summed E-state index contributed by atoms with van der Waals surface area (Å²) in [4.78, 5) is 31.5. The summed E-state index contributed by atoms with van der Waals surface area (Å²) >= 11 is 0. The van der Waals surface area contributed by atoms with Gasteiger partial charge in [0.15, 0.2) is 5.65 Å². The van der Waals surface area contributed by atoms with Gasteiger partial charge in [-0.3, -0.25) is 24.8 Å². The monoisotopic (exact) mass is 602 g/mol. The number of H-pyrrole nitrogens is 2. The van der Waals surface area contributed by atoms with Gasteiger partial charge in [0.05, 0.1) is 35.0 Å². The van der Waals surface area contributed by atoms with E-state index >= 15 is 0 Å².